The largest absolute Gasteiger partial charge is 0.379 e. The zero-order chi connectivity index (χ0) is 13.5. The average Bonchev–Trinajstić information content (AvgIpc) is 2.58. The van der Waals surface area contributed by atoms with Crippen LogP contribution in [0.1, 0.15) is 40.0 Å². The molecule has 2 amide bonds. The van der Waals surface area contributed by atoms with Gasteiger partial charge in [0.05, 0.1) is 18.6 Å². The lowest BCUT2D eigenvalue weighted by atomic mass is 10.2. The molecule has 104 valence electrons. The van der Waals surface area contributed by atoms with Crippen molar-refractivity contribution in [2.75, 3.05) is 19.7 Å². The average molecular weight is 256 g/mol. The normalized spacial score (nSPS) is 20.2. The van der Waals surface area contributed by atoms with Crippen molar-refractivity contribution in [2.24, 2.45) is 0 Å². The Hall–Kier alpha value is -0.940. The monoisotopic (exact) mass is 256 g/mol. The number of carbonyl (C=O) groups is 2. The van der Waals surface area contributed by atoms with E-state index < -0.39 is 0 Å². The van der Waals surface area contributed by atoms with Crippen LogP contribution in [-0.2, 0) is 14.3 Å². The lowest BCUT2D eigenvalue weighted by Gasteiger charge is -2.13. The van der Waals surface area contributed by atoms with Crippen molar-refractivity contribution in [3.05, 3.63) is 0 Å². The number of unbranched alkanes of at least 4 members (excludes halogenated alkanes) is 1. The van der Waals surface area contributed by atoms with Crippen molar-refractivity contribution < 1.29 is 14.3 Å². The topological polar surface area (TPSA) is 58.6 Å². The van der Waals surface area contributed by atoms with E-state index in [1.165, 1.54) is 4.90 Å². The maximum absolute atomic E-state index is 11.8. The third-order valence-electron chi connectivity index (χ3n) is 2.97. The highest BCUT2D eigenvalue weighted by molar-refractivity contribution is 6.05. The fourth-order valence-electron chi connectivity index (χ4n) is 2.00. The first kappa shape index (κ1) is 15.1. The summed E-state index contributed by atoms with van der Waals surface area (Å²) in [6, 6.07) is -0.316. The van der Waals surface area contributed by atoms with E-state index in [2.05, 4.69) is 5.32 Å². The molecule has 0 aliphatic carbocycles. The van der Waals surface area contributed by atoms with E-state index in [4.69, 9.17) is 4.74 Å². The van der Waals surface area contributed by atoms with E-state index in [9.17, 15) is 9.59 Å². The summed E-state index contributed by atoms with van der Waals surface area (Å²) in [5, 5.41) is 3.15. The van der Waals surface area contributed by atoms with Gasteiger partial charge in [0.25, 0.3) is 0 Å². The van der Waals surface area contributed by atoms with E-state index >= 15 is 0 Å². The molecule has 0 bridgehead atoms. The van der Waals surface area contributed by atoms with Crippen LogP contribution < -0.4 is 5.32 Å². The Bertz CT molecular complexity index is 292. The van der Waals surface area contributed by atoms with E-state index in [1.54, 1.807) is 0 Å². The van der Waals surface area contributed by atoms with Crippen LogP contribution in [0.2, 0.25) is 0 Å². The van der Waals surface area contributed by atoms with Gasteiger partial charge in [-0.25, -0.2) is 0 Å². The van der Waals surface area contributed by atoms with Crippen LogP contribution in [0.5, 0.6) is 0 Å². The Balaban J connectivity index is 2.13. The van der Waals surface area contributed by atoms with Crippen molar-refractivity contribution >= 4 is 11.8 Å². The quantitative estimate of drug-likeness (QED) is 0.518. The molecule has 1 aliphatic rings. The zero-order valence-corrected chi connectivity index (χ0v) is 11.6. The molecule has 0 aromatic heterocycles. The van der Waals surface area contributed by atoms with Gasteiger partial charge in [-0.1, -0.05) is 0 Å². The molecular formula is C13H24N2O3. The van der Waals surface area contributed by atoms with Crippen molar-refractivity contribution in [1.82, 2.24) is 10.2 Å². The van der Waals surface area contributed by atoms with Crippen LogP contribution in [-0.4, -0.2) is 48.6 Å². The number of rotatable bonds is 8. The molecule has 1 heterocycles. The molecule has 18 heavy (non-hydrogen) atoms. The second-order valence-electron chi connectivity index (χ2n) is 4.81. The first-order valence-electron chi connectivity index (χ1n) is 6.75. The van der Waals surface area contributed by atoms with E-state index in [0.29, 0.717) is 13.0 Å². The summed E-state index contributed by atoms with van der Waals surface area (Å²) in [4.78, 5) is 24.6. The summed E-state index contributed by atoms with van der Waals surface area (Å²) in [6.45, 7) is 7.82. The predicted molar refractivity (Wildman–Crippen MR) is 69.1 cm³/mol. The lowest BCUT2D eigenvalue weighted by Crippen LogP contribution is -2.39. The Morgan fingerprint density at radius 2 is 2.11 bits per heavy atom. The van der Waals surface area contributed by atoms with Gasteiger partial charge in [-0.3, -0.25) is 14.5 Å². The minimum Gasteiger partial charge on any atom is -0.379 e. The Morgan fingerprint density at radius 3 is 2.67 bits per heavy atom. The van der Waals surface area contributed by atoms with Gasteiger partial charge in [0, 0.05) is 13.2 Å². The van der Waals surface area contributed by atoms with Crippen LogP contribution in [0, 0.1) is 0 Å². The van der Waals surface area contributed by atoms with E-state index in [1.807, 2.05) is 20.8 Å². The van der Waals surface area contributed by atoms with Crippen molar-refractivity contribution in [3.63, 3.8) is 0 Å². The summed E-state index contributed by atoms with van der Waals surface area (Å²) >= 11 is 0. The molecule has 1 unspecified atom stereocenters. The third-order valence-corrected chi connectivity index (χ3v) is 2.97. The number of amides is 2. The summed E-state index contributed by atoms with van der Waals surface area (Å²) < 4.78 is 5.43. The second kappa shape index (κ2) is 7.48. The predicted octanol–water partition coefficient (Wildman–Crippen LogP) is 0.929. The molecule has 1 N–H and O–H groups in total. The van der Waals surface area contributed by atoms with Crippen molar-refractivity contribution in [1.29, 1.82) is 0 Å². The molecule has 5 heteroatoms. The maximum Gasteiger partial charge on any atom is 0.246 e. The highest BCUT2D eigenvalue weighted by Crippen LogP contribution is 2.12. The number of ether oxygens (including phenoxy) is 1. The Labute approximate surface area is 109 Å². The number of carbonyl (C=O) groups excluding carboxylic acids is 2. The van der Waals surface area contributed by atoms with Crippen molar-refractivity contribution in [3.8, 4) is 0 Å². The van der Waals surface area contributed by atoms with Gasteiger partial charge in [-0.2, -0.15) is 0 Å². The molecule has 1 atom stereocenters. The summed E-state index contributed by atoms with van der Waals surface area (Å²) in [7, 11) is 0. The minimum atomic E-state index is -0.316. The smallest absolute Gasteiger partial charge is 0.246 e. The third kappa shape index (κ3) is 4.38. The highest BCUT2D eigenvalue weighted by Gasteiger charge is 2.36. The zero-order valence-electron chi connectivity index (χ0n) is 11.6. The summed E-state index contributed by atoms with van der Waals surface area (Å²) in [6.07, 6.45) is 2.49. The number of likely N-dealkylation sites (tertiary alicyclic amines) is 1. The SMILES string of the molecule is CCN1C(=O)CC(NCCCCOC(C)C)C1=O. The van der Waals surface area contributed by atoms with Crippen LogP contribution in [0.4, 0.5) is 0 Å². The maximum atomic E-state index is 11.8. The Morgan fingerprint density at radius 1 is 1.39 bits per heavy atom. The van der Waals surface area contributed by atoms with E-state index in [0.717, 1.165) is 26.0 Å². The molecular weight excluding hydrogens is 232 g/mol. The number of likely N-dealkylation sites (N-methyl/N-ethyl adjacent to an activating group) is 1. The van der Waals surface area contributed by atoms with Gasteiger partial charge < -0.3 is 10.1 Å². The molecule has 0 radical (unpaired) electrons. The Kier molecular flexibility index (Phi) is 6.29. The van der Waals surface area contributed by atoms with Gasteiger partial charge in [0.2, 0.25) is 11.8 Å². The summed E-state index contributed by atoms with van der Waals surface area (Å²) in [5.74, 6) is -0.149. The lowest BCUT2D eigenvalue weighted by molar-refractivity contribution is -0.138. The number of hydrogen-bond acceptors (Lipinski definition) is 4. The summed E-state index contributed by atoms with van der Waals surface area (Å²) in [5.41, 5.74) is 0. The number of nitrogens with one attached hydrogen (secondary N) is 1. The van der Waals surface area contributed by atoms with Crippen LogP contribution >= 0.6 is 0 Å². The van der Waals surface area contributed by atoms with Crippen molar-refractivity contribution in [2.45, 2.75) is 52.2 Å². The molecule has 1 saturated heterocycles. The standard InChI is InChI=1S/C13H24N2O3/c1-4-15-12(16)9-11(13(15)17)14-7-5-6-8-18-10(2)3/h10-11,14H,4-9H2,1-3H3. The van der Waals surface area contributed by atoms with Crippen LogP contribution in [0.3, 0.4) is 0 Å². The molecule has 0 spiro atoms. The molecule has 0 saturated carbocycles. The first-order valence-corrected chi connectivity index (χ1v) is 6.75. The molecule has 1 fully saturated rings. The van der Waals surface area contributed by atoms with Gasteiger partial charge >= 0.3 is 0 Å². The molecule has 0 aromatic rings. The second-order valence-corrected chi connectivity index (χ2v) is 4.81. The number of imide groups is 1. The minimum absolute atomic E-state index is 0.0665. The molecule has 0 aromatic carbocycles. The fraction of sp³-hybridized carbons (Fsp3) is 0.846. The van der Waals surface area contributed by atoms with Crippen LogP contribution in [0.15, 0.2) is 0 Å². The van der Waals surface area contributed by atoms with Crippen LogP contribution in [0.25, 0.3) is 0 Å². The molecule has 1 aliphatic heterocycles. The number of hydrogen-bond donors (Lipinski definition) is 1. The number of nitrogens with zero attached hydrogens (tertiary/aromatic N) is 1. The molecule has 1 rings (SSSR count). The highest BCUT2D eigenvalue weighted by atomic mass is 16.5. The fourth-order valence-corrected chi connectivity index (χ4v) is 2.00. The first-order chi connectivity index (χ1) is 8.56. The van der Waals surface area contributed by atoms with Gasteiger partial charge in [-0.05, 0) is 40.2 Å². The van der Waals surface area contributed by atoms with Gasteiger partial charge in [0.1, 0.15) is 0 Å². The van der Waals surface area contributed by atoms with E-state index in [-0.39, 0.29) is 24.0 Å². The van der Waals surface area contributed by atoms with Gasteiger partial charge in [-0.15, -0.1) is 0 Å². The molecule has 5 nitrogen and oxygen atoms in total. The van der Waals surface area contributed by atoms with Gasteiger partial charge in [0.15, 0.2) is 0 Å².